The van der Waals surface area contributed by atoms with Crippen LogP contribution in [0.3, 0.4) is 0 Å². The lowest BCUT2D eigenvalue weighted by atomic mass is 9.86. The average Bonchev–Trinajstić information content (AvgIpc) is 2.56. The molecule has 0 spiro atoms. The van der Waals surface area contributed by atoms with Gasteiger partial charge in [-0.15, -0.1) is 0 Å². The van der Waals surface area contributed by atoms with Crippen molar-refractivity contribution >= 4 is 6.29 Å². The van der Waals surface area contributed by atoms with E-state index in [9.17, 15) is 4.79 Å². The summed E-state index contributed by atoms with van der Waals surface area (Å²) >= 11 is 0. The molecule has 2 aliphatic rings. The van der Waals surface area contributed by atoms with E-state index in [1.807, 2.05) is 0 Å². The molecule has 0 bridgehead atoms. The van der Waals surface area contributed by atoms with E-state index in [2.05, 4.69) is 26.8 Å². The second-order valence-electron chi connectivity index (χ2n) is 5.20. The highest BCUT2D eigenvalue weighted by atomic mass is 16.1. The number of hydrogen-bond acceptors (Lipinski definition) is 1. The molecule has 3 unspecified atom stereocenters. The minimum atomic E-state index is 0.513. The Labute approximate surface area is 80.2 Å². The van der Waals surface area contributed by atoms with Crippen molar-refractivity contribution < 1.29 is 4.79 Å². The van der Waals surface area contributed by atoms with Gasteiger partial charge in [0.05, 0.1) is 0 Å². The zero-order valence-electron chi connectivity index (χ0n) is 8.71. The van der Waals surface area contributed by atoms with Gasteiger partial charge in [-0.25, -0.2) is 0 Å². The van der Waals surface area contributed by atoms with Crippen molar-refractivity contribution in [3.8, 4) is 0 Å². The third-order valence-electron chi connectivity index (χ3n) is 4.14. The molecular formula is C12H18O. The van der Waals surface area contributed by atoms with Gasteiger partial charge in [-0.05, 0) is 36.5 Å². The van der Waals surface area contributed by atoms with Crippen molar-refractivity contribution in [2.45, 2.75) is 33.6 Å². The van der Waals surface area contributed by atoms with Gasteiger partial charge in [0, 0.05) is 6.42 Å². The van der Waals surface area contributed by atoms with Crippen molar-refractivity contribution in [2.24, 2.45) is 23.2 Å². The van der Waals surface area contributed by atoms with E-state index in [1.54, 1.807) is 0 Å². The van der Waals surface area contributed by atoms with E-state index in [-0.39, 0.29) is 0 Å². The Morgan fingerprint density at radius 3 is 2.92 bits per heavy atom. The maximum Gasteiger partial charge on any atom is 0.120 e. The molecule has 1 heteroatoms. The highest BCUT2D eigenvalue weighted by Gasteiger charge is 2.58. The van der Waals surface area contributed by atoms with Gasteiger partial charge in [-0.1, -0.05) is 25.5 Å². The summed E-state index contributed by atoms with van der Waals surface area (Å²) in [5.41, 5.74) is 1.96. The minimum absolute atomic E-state index is 0.513. The van der Waals surface area contributed by atoms with E-state index in [0.29, 0.717) is 11.3 Å². The Bertz CT molecular complexity index is 262. The van der Waals surface area contributed by atoms with Crippen LogP contribution in [0, 0.1) is 23.2 Å². The number of carbonyl (C=O) groups is 1. The Morgan fingerprint density at radius 2 is 2.31 bits per heavy atom. The lowest BCUT2D eigenvalue weighted by Gasteiger charge is -2.18. The summed E-state index contributed by atoms with van der Waals surface area (Å²) < 4.78 is 0. The molecule has 0 radical (unpaired) electrons. The molecule has 2 rings (SSSR count). The lowest BCUT2D eigenvalue weighted by Crippen LogP contribution is -2.09. The predicted octanol–water partition coefficient (Wildman–Crippen LogP) is 2.81. The van der Waals surface area contributed by atoms with E-state index < -0.39 is 0 Å². The minimum Gasteiger partial charge on any atom is -0.303 e. The zero-order chi connectivity index (χ0) is 9.64. The van der Waals surface area contributed by atoms with Gasteiger partial charge >= 0.3 is 0 Å². The van der Waals surface area contributed by atoms with Crippen LogP contribution in [0.1, 0.15) is 33.6 Å². The third-order valence-corrected chi connectivity index (χ3v) is 4.14. The number of carbonyl (C=O) groups excluding carboxylic acids is 1. The maximum atomic E-state index is 10.5. The molecule has 72 valence electrons. The van der Waals surface area contributed by atoms with Gasteiger partial charge in [0.25, 0.3) is 0 Å². The number of rotatable bonds is 2. The standard InChI is InChI=1S/C12H18O/c1-8-6-10-11(12(10,2)3)7-9(8)4-5-13/h5-6,9-11H,4,7H2,1-3H3. The zero-order valence-corrected chi connectivity index (χ0v) is 8.71. The van der Waals surface area contributed by atoms with Crippen LogP contribution in [0.25, 0.3) is 0 Å². The average molecular weight is 178 g/mol. The fourth-order valence-corrected chi connectivity index (χ4v) is 2.88. The molecule has 13 heavy (non-hydrogen) atoms. The fraction of sp³-hybridized carbons (Fsp3) is 0.750. The van der Waals surface area contributed by atoms with Gasteiger partial charge < -0.3 is 4.79 Å². The monoisotopic (exact) mass is 178 g/mol. The number of aldehydes is 1. The molecule has 0 amide bonds. The highest BCUT2D eigenvalue weighted by molar-refractivity contribution is 5.51. The summed E-state index contributed by atoms with van der Waals surface area (Å²) in [6.45, 7) is 6.86. The maximum absolute atomic E-state index is 10.5. The molecular weight excluding hydrogens is 160 g/mol. The van der Waals surface area contributed by atoms with Crippen LogP contribution in [0.4, 0.5) is 0 Å². The van der Waals surface area contributed by atoms with Crippen LogP contribution in [0.5, 0.6) is 0 Å². The second-order valence-corrected chi connectivity index (χ2v) is 5.20. The molecule has 0 saturated heterocycles. The summed E-state index contributed by atoms with van der Waals surface area (Å²) in [4.78, 5) is 10.5. The van der Waals surface area contributed by atoms with Crippen molar-refractivity contribution in [1.29, 1.82) is 0 Å². The quantitative estimate of drug-likeness (QED) is 0.469. The van der Waals surface area contributed by atoms with E-state index in [4.69, 9.17) is 0 Å². The van der Waals surface area contributed by atoms with Gasteiger partial charge in [0.1, 0.15) is 6.29 Å². The molecule has 0 heterocycles. The molecule has 1 fully saturated rings. The van der Waals surface area contributed by atoms with E-state index in [0.717, 1.165) is 24.5 Å². The summed E-state index contributed by atoms with van der Waals surface area (Å²) in [6.07, 6.45) is 5.43. The molecule has 1 saturated carbocycles. The molecule has 1 nitrogen and oxygen atoms in total. The molecule has 0 N–H and O–H groups in total. The number of allylic oxidation sites excluding steroid dienone is 2. The Kier molecular flexibility index (Phi) is 1.86. The molecule has 0 aromatic carbocycles. The van der Waals surface area contributed by atoms with Crippen LogP contribution < -0.4 is 0 Å². The lowest BCUT2D eigenvalue weighted by molar-refractivity contribution is -0.108. The van der Waals surface area contributed by atoms with E-state index >= 15 is 0 Å². The topological polar surface area (TPSA) is 17.1 Å². The largest absolute Gasteiger partial charge is 0.303 e. The van der Waals surface area contributed by atoms with Crippen LogP contribution in [0.15, 0.2) is 11.6 Å². The molecule has 0 aromatic rings. The molecule has 0 aromatic heterocycles. The Balaban J connectivity index is 2.12. The predicted molar refractivity (Wildman–Crippen MR) is 53.3 cm³/mol. The summed E-state index contributed by atoms with van der Waals surface area (Å²) in [6, 6.07) is 0. The highest BCUT2D eigenvalue weighted by Crippen LogP contribution is 2.64. The first-order valence-corrected chi connectivity index (χ1v) is 5.19. The van der Waals surface area contributed by atoms with Gasteiger partial charge in [-0.3, -0.25) is 0 Å². The van der Waals surface area contributed by atoms with Crippen LogP contribution >= 0.6 is 0 Å². The summed E-state index contributed by atoms with van der Waals surface area (Å²) in [7, 11) is 0. The number of fused-ring (bicyclic) bond motifs is 1. The second kappa shape index (κ2) is 2.70. The molecule has 3 atom stereocenters. The summed E-state index contributed by atoms with van der Waals surface area (Å²) in [5.74, 6) is 2.19. The van der Waals surface area contributed by atoms with Gasteiger partial charge in [0.15, 0.2) is 0 Å². The molecule has 2 aliphatic carbocycles. The smallest absolute Gasteiger partial charge is 0.120 e. The first-order chi connectivity index (χ1) is 6.07. The van der Waals surface area contributed by atoms with Gasteiger partial charge in [-0.2, -0.15) is 0 Å². The van der Waals surface area contributed by atoms with Gasteiger partial charge in [0.2, 0.25) is 0 Å². The van der Waals surface area contributed by atoms with Crippen molar-refractivity contribution in [1.82, 2.24) is 0 Å². The van der Waals surface area contributed by atoms with Crippen molar-refractivity contribution in [3.63, 3.8) is 0 Å². The SMILES string of the molecule is CC1=CC2C(CC1CC=O)C2(C)C. The number of hydrogen-bond donors (Lipinski definition) is 0. The van der Waals surface area contributed by atoms with Crippen LogP contribution in [-0.2, 0) is 4.79 Å². The first kappa shape index (κ1) is 8.98. The fourth-order valence-electron chi connectivity index (χ4n) is 2.88. The van der Waals surface area contributed by atoms with Crippen LogP contribution in [0.2, 0.25) is 0 Å². The van der Waals surface area contributed by atoms with Crippen molar-refractivity contribution in [3.05, 3.63) is 11.6 Å². The Hall–Kier alpha value is -0.590. The first-order valence-electron chi connectivity index (χ1n) is 5.19. The normalized spacial score (nSPS) is 40.5. The Morgan fingerprint density at radius 1 is 1.62 bits per heavy atom. The van der Waals surface area contributed by atoms with Crippen LogP contribution in [-0.4, -0.2) is 6.29 Å². The van der Waals surface area contributed by atoms with Crippen molar-refractivity contribution in [2.75, 3.05) is 0 Å². The summed E-state index contributed by atoms with van der Waals surface area (Å²) in [5, 5.41) is 0. The third kappa shape index (κ3) is 1.25. The van der Waals surface area contributed by atoms with E-state index in [1.165, 1.54) is 12.0 Å². The molecule has 0 aliphatic heterocycles.